The first-order valence-electron chi connectivity index (χ1n) is 10.3. The van der Waals surface area contributed by atoms with E-state index in [1.54, 1.807) is 42.5 Å². The van der Waals surface area contributed by atoms with Gasteiger partial charge >= 0.3 is 0 Å². The summed E-state index contributed by atoms with van der Waals surface area (Å²) < 4.78 is 34.8. The lowest BCUT2D eigenvalue weighted by Crippen LogP contribution is -2.23. The lowest BCUT2D eigenvalue weighted by Gasteiger charge is -2.23. The van der Waals surface area contributed by atoms with E-state index < -0.39 is 10.0 Å². The summed E-state index contributed by atoms with van der Waals surface area (Å²) in [6, 6.07) is 15.5. The fraction of sp³-hybridized carbons (Fsp3) is 0.261. The topological polar surface area (TPSA) is 87.7 Å². The van der Waals surface area contributed by atoms with Gasteiger partial charge in [0, 0.05) is 23.7 Å². The van der Waals surface area contributed by atoms with E-state index in [1.807, 2.05) is 13.0 Å². The molecule has 2 aromatic carbocycles. The summed E-state index contributed by atoms with van der Waals surface area (Å²) in [5.41, 5.74) is 1.39. The second-order valence-corrected chi connectivity index (χ2v) is 10.5. The van der Waals surface area contributed by atoms with Gasteiger partial charge in [0.15, 0.2) is 0 Å². The molecule has 1 aliphatic heterocycles. The SMILES string of the molecule is COc1ccccc1NS(=O)(=O)c1cc(NC(=O)c2ccc(C)s2)ccc1N1CCCC1. The van der Waals surface area contributed by atoms with Crippen LogP contribution in [0.25, 0.3) is 0 Å². The molecule has 0 saturated carbocycles. The van der Waals surface area contributed by atoms with Crippen molar-refractivity contribution < 1.29 is 17.9 Å². The smallest absolute Gasteiger partial charge is 0.265 e. The Kier molecular flexibility index (Phi) is 6.38. The first-order chi connectivity index (χ1) is 15.4. The average molecular weight is 472 g/mol. The minimum atomic E-state index is -3.95. The highest BCUT2D eigenvalue weighted by molar-refractivity contribution is 7.93. The van der Waals surface area contributed by atoms with Crippen molar-refractivity contribution in [1.82, 2.24) is 0 Å². The third-order valence-electron chi connectivity index (χ3n) is 5.27. The number of amides is 1. The number of ether oxygens (including phenoxy) is 1. The molecule has 0 spiro atoms. The maximum Gasteiger partial charge on any atom is 0.265 e. The van der Waals surface area contributed by atoms with E-state index >= 15 is 0 Å². The van der Waals surface area contributed by atoms with Gasteiger partial charge in [-0.3, -0.25) is 9.52 Å². The molecular weight excluding hydrogens is 446 g/mol. The quantitative estimate of drug-likeness (QED) is 0.521. The molecule has 0 unspecified atom stereocenters. The number of anilines is 3. The van der Waals surface area contributed by atoms with E-state index in [9.17, 15) is 13.2 Å². The van der Waals surface area contributed by atoms with Crippen LogP contribution in [0.3, 0.4) is 0 Å². The van der Waals surface area contributed by atoms with E-state index in [0.717, 1.165) is 30.8 Å². The highest BCUT2D eigenvalue weighted by Crippen LogP contribution is 2.34. The lowest BCUT2D eigenvalue weighted by atomic mass is 10.2. The fourth-order valence-electron chi connectivity index (χ4n) is 3.70. The molecule has 2 heterocycles. The maximum atomic E-state index is 13.5. The molecule has 3 aromatic rings. The molecule has 0 aliphatic carbocycles. The van der Waals surface area contributed by atoms with Gasteiger partial charge in [-0.05, 0) is 62.2 Å². The zero-order valence-corrected chi connectivity index (χ0v) is 19.6. The van der Waals surface area contributed by atoms with Gasteiger partial charge in [0.25, 0.3) is 15.9 Å². The number of thiophene rings is 1. The van der Waals surface area contributed by atoms with Gasteiger partial charge in [-0.25, -0.2) is 8.42 Å². The molecule has 168 valence electrons. The third kappa shape index (κ3) is 4.73. The molecule has 32 heavy (non-hydrogen) atoms. The molecule has 1 saturated heterocycles. The Morgan fingerprint density at radius 2 is 1.81 bits per heavy atom. The summed E-state index contributed by atoms with van der Waals surface area (Å²) in [7, 11) is -2.46. The molecule has 1 fully saturated rings. The van der Waals surface area contributed by atoms with E-state index in [4.69, 9.17) is 4.74 Å². The van der Waals surface area contributed by atoms with Crippen molar-refractivity contribution in [1.29, 1.82) is 0 Å². The van der Waals surface area contributed by atoms with Crippen LogP contribution in [0.5, 0.6) is 5.75 Å². The van der Waals surface area contributed by atoms with Crippen molar-refractivity contribution in [3.8, 4) is 5.75 Å². The predicted molar refractivity (Wildman–Crippen MR) is 129 cm³/mol. The largest absolute Gasteiger partial charge is 0.495 e. The lowest BCUT2D eigenvalue weighted by molar-refractivity contribution is 0.103. The number of carbonyl (C=O) groups excluding carboxylic acids is 1. The third-order valence-corrected chi connectivity index (χ3v) is 7.66. The van der Waals surface area contributed by atoms with Gasteiger partial charge in [-0.2, -0.15) is 0 Å². The van der Waals surface area contributed by atoms with Crippen molar-refractivity contribution in [3.05, 3.63) is 64.4 Å². The van der Waals surface area contributed by atoms with Crippen LogP contribution in [0, 0.1) is 6.92 Å². The number of para-hydroxylation sites is 2. The molecule has 2 N–H and O–H groups in total. The van der Waals surface area contributed by atoms with Gasteiger partial charge in [-0.15, -0.1) is 11.3 Å². The van der Waals surface area contributed by atoms with Gasteiger partial charge in [0.1, 0.15) is 10.6 Å². The number of sulfonamides is 1. The molecule has 0 atom stereocenters. The molecule has 4 rings (SSSR count). The molecule has 0 radical (unpaired) electrons. The zero-order chi connectivity index (χ0) is 22.7. The summed E-state index contributed by atoms with van der Waals surface area (Å²) in [6.07, 6.45) is 2.02. The van der Waals surface area contributed by atoms with E-state index in [1.165, 1.54) is 24.5 Å². The first kappa shape index (κ1) is 22.2. The number of benzene rings is 2. The van der Waals surface area contributed by atoms with Gasteiger partial charge < -0.3 is 15.0 Å². The van der Waals surface area contributed by atoms with Crippen molar-refractivity contribution in [2.24, 2.45) is 0 Å². The molecule has 7 nitrogen and oxygen atoms in total. The molecule has 1 amide bonds. The number of methoxy groups -OCH3 is 1. The average Bonchev–Trinajstić information content (AvgIpc) is 3.46. The highest BCUT2D eigenvalue weighted by atomic mass is 32.2. The van der Waals surface area contributed by atoms with Crippen LogP contribution in [-0.2, 0) is 10.0 Å². The van der Waals surface area contributed by atoms with Crippen molar-refractivity contribution in [2.75, 3.05) is 35.1 Å². The number of nitrogens with one attached hydrogen (secondary N) is 2. The number of rotatable bonds is 7. The Balaban J connectivity index is 1.70. The summed E-state index contributed by atoms with van der Waals surface area (Å²) >= 11 is 1.39. The molecule has 1 aliphatic rings. The number of carbonyl (C=O) groups is 1. The minimum Gasteiger partial charge on any atom is -0.495 e. The number of nitrogens with zero attached hydrogens (tertiary/aromatic N) is 1. The van der Waals surface area contributed by atoms with Crippen LogP contribution < -0.4 is 19.7 Å². The second kappa shape index (κ2) is 9.22. The van der Waals surface area contributed by atoms with Gasteiger partial charge in [-0.1, -0.05) is 12.1 Å². The van der Waals surface area contributed by atoms with E-state index in [2.05, 4.69) is 14.9 Å². The Morgan fingerprint density at radius 3 is 2.50 bits per heavy atom. The molecule has 1 aromatic heterocycles. The summed E-state index contributed by atoms with van der Waals surface area (Å²) in [5.74, 6) is 0.161. The summed E-state index contributed by atoms with van der Waals surface area (Å²) in [6.45, 7) is 3.51. The van der Waals surface area contributed by atoms with Crippen molar-refractivity contribution in [2.45, 2.75) is 24.7 Å². The van der Waals surface area contributed by atoms with E-state index in [-0.39, 0.29) is 10.8 Å². The van der Waals surface area contributed by atoms with Crippen LogP contribution in [0.1, 0.15) is 27.4 Å². The summed E-state index contributed by atoms with van der Waals surface area (Å²) in [4.78, 5) is 16.4. The number of hydrogen-bond donors (Lipinski definition) is 2. The Bertz CT molecular complexity index is 1230. The van der Waals surface area contributed by atoms with Crippen LogP contribution in [0.2, 0.25) is 0 Å². The van der Waals surface area contributed by atoms with Gasteiger partial charge in [0.05, 0.1) is 23.4 Å². The monoisotopic (exact) mass is 471 g/mol. The van der Waals surface area contributed by atoms with Crippen molar-refractivity contribution in [3.63, 3.8) is 0 Å². The Hall–Kier alpha value is -3.04. The molecule has 9 heteroatoms. The highest BCUT2D eigenvalue weighted by Gasteiger charge is 2.26. The van der Waals surface area contributed by atoms with Gasteiger partial charge in [0.2, 0.25) is 0 Å². The van der Waals surface area contributed by atoms with E-state index in [0.29, 0.717) is 27.7 Å². The predicted octanol–water partition coefficient (Wildman–Crippen LogP) is 4.72. The van der Waals surface area contributed by atoms with Crippen LogP contribution in [0.4, 0.5) is 17.1 Å². The zero-order valence-electron chi connectivity index (χ0n) is 17.9. The second-order valence-electron chi connectivity index (χ2n) is 7.55. The Morgan fingerprint density at radius 1 is 1.06 bits per heavy atom. The fourth-order valence-corrected chi connectivity index (χ4v) is 5.79. The van der Waals surface area contributed by atoms with Crippen molar-refractivity contribution >= 4 is 44.3 Å². The first-order valence-corrected chi connectivity index (χ1v) is 12.6. The summed E-state index contributed by atoms with van der Waals surface area (Å²) in [5, 5.41) is 2.82. The normalized spacial score (nSPS) is 13.8. The standard InChI is InChI=1S/C23H25N3O4S2/c1-16-9-12-21(31-16)23(27)24-17-10-11-19(26-13-5-6-14-26)22(15-17)32(28,29)25-18-7-3-4-8-20(18)30-2/h3-4,7-12,15,25H,5-6,13-14H2,1-2H3,(H,24,27). The number of aryl methyl sites for hydroxylation is 1. The number of hydrogen-bond acceptors (Lipinski definition) is 6. The van der Waals surface area contributed by atoms with Crippen LogP contribution >= 0.6 is 11.3 Å². The minimum absolute atomic E-state index is 0.116. The van der Waals surface area contributed by atoms with Crippen LogP contribution in [-0.4, -0.2) is 34.5 Å². The Labute approximate surface area is 192 Å². The molecular formula is C23H25N3O4S2. The maximum absolute atomic E-state index is 13.5. The van der Waals surface area contributed by atoms with Crippen LogP contribution in [0.15, 0.2) is 59.5 Å². The molecule has 0 bridgehead atoms.